The molecule has 1 aliphatic heterocycles. The second-order valence-corrected chi connectivity index (χ2v) is 7.82. The molecule has 4 heteroatoms. The Hall–Kier alpha value is -1.39. The Kier molecular flexibility index (Phi) is 6.49. The maximum atomic E-state index is 10.8. The van der Waals surface area contributed by atoms with Gasteiger partial charge in [-0.1, -0.05) is 43.5 Å². The number of aliphatic hydroxyl groups excluding tert-OH is 1. The predicted octanol–water partition coefficient (Wildman–Crippen LogP) is 3.01. The van der Waals surface area contributed by atoms with Crippen molar-refractivity contribution in [3.63, 3.8) is 0 Å². The molecule has 138 valence electrons. The van der Waals surface area contributed by atoms with Gasteiger partial charge in [-0.15, -0.1) is 0 Å². The average Bonchev–Trinajstić information content (AvgIpc) is 2.68. The summed E-state index contributed by atoms with van der Waals surface area (Å²) in [5.41, 5.74) is 2.40. The molecule has 1 N–H and O–H groups in total. The Morgan fingerprint density at radius 2 is 1.72 bits per heavy atom. The zero-order valence-corrected chi connectivity index (χ0v) is 15.4. The lowest BCUT2D eigenvalue weighted by Gasteiger charge is -2.36. The van der Waals surface area contributed by atoms with Crippen molar-refractivity contribution >= 4 is 6.41 Å². The number of benzene rings is 1. The molecule has 1 aromatic rings. The largest absolute Gasteiger partial charge is 0.388 e. The molecule has 0 aromatic heterocycles. The second-order valence-electron chi connectivity index (χ2n) is 7.82. The third-order valence-corrected chi connectivity index (χ3v) is 6.07. The predicted molar refractivity (Wildman–Crippen MR) is 100 cm³/mol. The van der Waals surface area contributed by atoms with Gasteiger partial charge in [-0.2, -0.15) is 0 Å². The first-order chi connectivity index (χ1) is 12.2. The fourth-order valence-electron chi connectivity index (χ4n) is 4.33. The molecule has 0 radical (unpaired) electrons. The zero-order chi connectivity index (χ0) is 17.6. The normalized spacial score (nSPS) is 22.6. The van der Waals surface area contributed by atoms with E-state index in [1.807, 2.05) is 4.90 Å². The van der Waals surface area contributed by atoms with Gasteiger partial charge in [0.15, 0.2) is 0 Å². The number of carbonyl (C=O) groups excluding carboxylic acids is 1. The standard InChI is InChI=1S/C21H32N2O2/c1-17(23-13-11-22(16-24)12-14-23)15-18-7-9-20(10-8-18)21(25)19-5-3-2-4-6-19/h7-10,16-17,19,21,25H,2-6,11-15H2,1H3. The van der Waals surface area contributed by atoms with Crippen molar-refractivity contribution in [2.24, 2.45) is 5.92 Å². The summed E-state index contributed by atoms with van der Waals surface area (Å²) in [6.45, 7) is 5.85. The zero-order valence-electron chi connectivity index (χ0n) is 15.4. The van der Waals surface area contributed by atoms with Gasteiger partial charge in [0, 0.05) is 32.2 Å². The average molecular weight is 344 g/mol. The Bertz CT molecular complexity index is 531. The molecule has 1 saturated heterocycles. The van der Waals surface area contributed by atoms with E-state index in [9.17, 15) is 9.90 Å². The van der Waals surface area contributed by atoms with Crippen LogP contribution >= 0.6 is 0 Å². The summed E-state index contributed by atoms with van der Waals surface area (Å²) < 4.78 is 0. The van der Waals surface area contributed by atoms with Crippen LogP contribution in [0.25, 0.3) is 0 Å². The van der Waals surface area contributed by atoms with Gasteiger partial charge < -0.3 is 10.0 Å². The van der Waals surface area contributed by atoms with Crippen LogP contribution in [0.2, 0.25) is 0 Å². The van der Waals surface area contributed by atoms with Crippen molar-refractivity contribution in [1.82, 2.24) is 9.80 Å². The first kappa shape index (κ1) is 18.4. The lowest BCUT2D eigenvalue weighted by atomic mass is 9.82. The fraction of sp³-hybridized carbons (Fsp3) is 0.667. The van der Waals surface area contributed by atoms with E-state index in [4.69, 9.17) is 0 Å². The Morgan fingerprint density at radius 1 is 1.08 bits per heavy atom. The Labute approximate surface area is 151 Å². The summed E-state index contributed by atoms with van der Waals surface area (Å²) >= 11 is 0. The van der Waals surface area contributed by atoms with E-state index in [-0.39, 0.29) is 6.10 Å². The van der Waals surface area contributed by atoms with E-state index in [0.29, 0.717) is 12.0 Å². The third kappa shape index (κ3) is 4.83. The molecule has 25 heavy (non-hydrogen) atoms. The lowest BCUT2D eigenvalue weighted by molar-refractivity contribution is -0.120. The highest BCUT2D eigenvalue weighted by Gasteiger charge is 2.23. The molecule has 2 unspecified atom stereocenters. The van der Waals surface area contributed by atoms with Crippen LogP contribution in [0.4, 0.5) is 0 Å². The highest BCUT2D eigenvalue weighted by molar-refractivity contribution is 5.47. The number of amides is 1. The van der Waals surface area contributed by atoms with Gasteiger partial charge in [-0.25, -0.2) is 0 Å². The van der Waals surface area contributed by atoms with Crippen molar-refractivity contribution < 1.29 is 9.90 Å². The van der Waals surface area contributed by atoms with Gasteiger partial charge in [0.25, 0.3) is 0 Å². The van der Waals surface area contributed by atoms with Gasteiger partial charge >= 0.3 is 0 Å². The number of piperazine rings is 1. The minimum atomic E-state index is -0.303. The first-order valence-corrected chi connectivity index (χ1v) is 9.87. The second kappa shape index (κ2) is 8.81. The van der Waals surface area contributed by atoms with Crippen LogP contribution in [-0.4, -0.2) is 53.5 Å². The summed E-state index contributed by atoms with van der Waals surface area (Å²) in [6, 6.07) is 9.07. The molecule has 1 heterocycles. The highest BCUT2D eigenvalue weighted by Crippen LogP contribution is 2.34. The van der Waals surface area contributed by atoms with Crippen molar-refractivity contribution in [3.05, 3.63) is 35.4 Å². The van der Waals surface area contributed by atoms with E-state index < -0.39 is 0 Å². The molecular weight excluding hydrogens is 312 g/mol. The number of aliphatic hydroxyl groups is 1. The van der Waals surface area contributed by atoms with E-state index in [1.54, 1.807) is 0 Å². The lowest BCUT2D eigenvalue weighted by Crippen LogP contribution is -2.49. The maximum absolute atomic E-state index is 10.8. The molecule has 1 aliphatic carbocycles. The van der Waals surface area contributed by atoms with Crippen LogP contribution in [0.5, 0.6) is 0 Å². The van der Waals surface area contributed by atoms with Gasteiger partial charge in [0.05, 0.1) is 6.10 Å². The summed E-state index contributed by atoms with van der Waals surface area (Å²) in [7, 11) is 0. The van der Waals surface area contributed by atoms with Crippen LogP contribution in [0.3, 0.4) is 0 Å². The molecule has 4 nitrogen and oxygen atoms in total. The molecule has 1 aromatic carbocycles. The minimum Gasteiger partial charge on any atom is -0.388 e. The van der Waals surface area contributed by atoms with Gasteiger partial charge in [0.2, 0.25) is 6.41 Å². The summed E-state index contributed by atoms with van der Waals surface area (Å²) in [4.78, 5) is 15.1. The van der Waals surface area contributed by atoms with E-state index in [2.05, 4.69) is 36.1 Å². The van der Waals surface area contributed by atoms with E-state index in [0.717, 1.165) is 57.4 Å². The van der Waals surface area contributed by atoms with Crippen molar-refractivity contribution in [2.75, 3.05) is 26.2 Å². The van der Waals surface area contributed by atoms with Gasteiger partial charge in [0.1, 0.15) is 0 Å². The minimum absolute atomic E-state index is 0.303. The summed E-state index contributed by atoms with van der Waals surface area (Å²) in [6.07, 6.45) is 7.83. The van der Waals surface area contributed by atoms with Crippen LogP contribution in [0.1, 0.15) is 56.3 Å². The molecule has 1 amide bonds. The van der Waals surface area contributed by atoms with E-state index in [1.165, 1.54) is 24.8 Å². The molecular formula is C21H32N2O2. The Balaban J connectivity index is 1.52. The monoisotopic (exact) mass is 344 g/mol. The van der Waals surface area contributed by atoms with Crippen LogP contribution < -0.4 is 0 Å². The first-order valence-electron chi connectivity index (χ1n) is 9.87. The molecule has 2 atom stereocenters. The fourth-order valence-corrected chi connectivity index (χ4v) is 4.33. The quantitative estimate of drug-likeness (QED) is 0.807. The van der Waals surface area contributed by atoms with Crippen molar-refractivity contribution in [1.29, 1.82) is 0 Å². The number of hydrogen-bond acceptors (Lipinski definition) is 3. The molecule has 2 aliphatic rings. The van der Waals surface area contributed by atoms with Gasteiger partial charge in [-0.05, 0) is 43.2 Å². The van der Waals surface area contributed by atoms with Crippen LogP contribution in [0.15, 0.2) is 24.3 Å². The van der Waals surface area contributed by atoms with Crippen LogP contribution in [-0.2, 0) is 11.2 Å². The van der Waals surface area contributed by atoms with Crippen LogP contribution in [0, 0.1) is 5.92 Å². The SMILES string of the molecule is CC(Cc1ccc(C(O)C2CCCCC2)cc1)N1CCN(C=O)CC1. The number of carbonyl (C=O) groups is 1. The Morgan fingerprint density at radius 3 is 2.32 bits per heavy atom. The van der Waals surface area contributed by atoms with E-state index >= 15 is 0 Å². The molecule has 3 rings (SSSR count). The van der Waals surface area contributed by atoms with Gasteiger partial charge in [-0.3, -0.25) is 9.69 Å². The number of hydrogen-bond donors (Lipinski definition) is 1. The molecule has 2 fully saturated rings. The molecule has 1 saturated carbocycles. The summed E-state index contributed by atoms with van der Waals surface area (Å²) in [5.74, 6) is 0.438. The molecule has 0 spiro atoms. The smallest absolute Gasteiger partial charge is 0.209 e. The van der Waals surface area contributed by atoms with Crippen molar-refractivity contribution in [3.8, 4) is 0 Å². The molecule has 0 bridgehead atoms. The van der Waals surface area contributed by atoms with Crippen molar-refractivity contribution in [2.45, 2.75) is 57.6 Å². The maximum Gasteiger partial charge on any atom is 0.209 e. The number of nitrogens with zero attached hydrogens (tertiary/aromatic N) is 2. The third-order valence-electron chi connectivity index (χ3n) is 6.07. The summed E-state index contributed by atoms with van der Waals surface area (Å²) in [5, 5.41) is 10.6. The topological polar surface area (TPSA) is 43.8 Å². The highest BCUT2D eigenvalue weighted by atomic mass is 16.3. The number of rotatable bonds is 6.